The van der Waals surface area contributed by atoms with Crippen molar-refractivity contribution in [2.45, 2.75) is 12.7 Å². The van der Waals surface area contributed by atoms with E-state index in [9.17, 15) is 23.5 Å². The van der Waals surface area contributed by atoms with Crippen molar-refractivity contribution in [3.63, 3.8) is 0 Å². The maximum absolute atomic E-state index is 13.2. The van der Waals surface area contributed by atoms with E-state index >= 15 is 0 Å². The number of nitrogens with zero attached hydrogens (tertiary/aromatic N) is 1. The van der Waals surface area contributed by atoms with Crippen molar-refractivity contribution >= 4 is 28.3 Å². The summed E-state index contributed by atoms with van der Waals surface area (Å²) in [5.74, 6) is -0.757. The van der Waals surface area contributed by atoms with Gasteiger partial charge in [-0.15, -0.1) is 0 Å². The molecule has 3 rings (SSSR count). The molecule has 1 atom stereocenters. The number of aryl methyl sites for hydroxylation is 1. The van der Waals surface area contributed by atoms with Crippen LogP contribution in [0.25, 0.3) is 6.08 Å². The summed E-state index contributed by atoms with van der Waals surface area (Å²) in [4.78, 5) is 23.5. The molecule has 0 heterocycles. The second-order valence-electron chi connectivity index (χ2n) is 6.67. The number of nitro benzene ring substituents is 1. The fourth-order valence-corrected chi connectivity index (χ4v) is 3.98. The first-order valence-corrected chi connectivity index (χ1v) is 10.4. The number of benzene rings is 3. The van der Waals surface area contributed by atoms with Crippen LogP contribution in [-0.2, 0) is 16.6 Å². The van der Waals surface area contributed by atoms with Gasteiger partial charge in [-0.3, -0.25) is 19.1 Å². The lowest BCUT2D eigenvalue weighted by atomic mass is 10.1. The zero-order valence-electron chi connectivity index (χ0n) is 16.1. The van der Waals surface area contributed by atoms with Crippen molar-refractivity contribution in [1.82, 2.24) is 0 Å². The second-order valence-corrected chi connectivity index (χ2v) is 8.09. The predicted molar refractivity (Wildman–Crippen MR) is 115 cm³/mol. The van der Waals surface area contributed by atoms with Crippen LogP contribution in [0.5, 0.6) is 0 Å². The number of hydrogen-bond donors (Lipinski definition) is 0. The Kier molecular flexibility index (Phi) is 6.64. The summed E-state index contributed by atoms with van der Waals surface area (Å²) < 4.78 is 26.2. The van der Waals surface area contributed by atoms with E-state index in [2.05, 4.69) is 0 Å². The first-order chi connectivity index (χ1) is 14.3. The summed E-state index contributed by atoms with van der Waals surface area (Å²) in [7, 11) is -1.71. The Morgan fingerprint density at radius 3 is 2.17 bits per heavy atom. The highest BCUT2D eigenvalue weighted by Gasteiger charge is 2.19. The number of carbonyl (C=O) groups excluding carboxylic acids is 1. The number of hydrogen-bond acceptors (Lipinski definition) is 4. The summed E-state index contributed by atoms with van der Waals surface area (Å²) in [5, 5.41) is 10.9. The molecular formula is C23H18FNO4S. The molecule has 3 aromatic rings. The minimum absolute atomic E-state index is 0.0384. The molecule has 0 fully saturated rings. The minimum Gasteiger partial charge on any atom is -0.288 e. The maximum Gasteiger partial charge on any atom is 0.269 e. The molecular weight excluding hydrogens is 405 g/mol. The number of nitro groups is 1. The molecule has 0 amide bonds. The molecule has 0 radical (unpaired) electrons. The van der Waals surface area contributed by atoms with Crippen LogP contribution < -0.4 is 0 Å². The van der Waals surface area contributed by atoms with Crippen molar-refractivity contribution in [2.24, 2.45) is 0 Å². The van der Waals surface area contributed by atoms with Crippen LogP contribution in [0, 0.1) is 22.9 Å². The van der Waals surface area contributed by atoms with E-state index in [1.165, 1.54) is 54.6 Å². The average Bonchev–Trinajstić information content (AvgIpc) is 2.74. The van der Waals surface area contributed by atoms with Gasteiger partial charge in [0.15, 0.2) is 0 Å². The Bertz CT molecular complexity index is 1120. The first kappa shape index (κ1) is 21.3. The number of carbonyl (C=O) groups is 1. The topological polar surface area (TPSA) is 77.3 Å². The smallest absolute Gasteiger partial charge is 0.269 e. The maximum atomic E-state index is 13.2. The summed E-state index contributed by atoms with van der Waals surface area (Å²) in [6, 6.07) is 18.1. The Morgan fingerprint density at radius 1 is 1.00 bits per heavy atom. The molecule has 0 saturated heterocycles. The number of allylic oxidation sites excluding steroid dienone is 1. The number of Topliss-reactive ketones (excluding diaryl/α,β-unsaturated/α-hetero) is 1. The van der Waals surface area contributed by atoms with E-state index in [-0.39, 0.29) is 16.3 Å². The van der Waals surface area contributed by atoms with Crippen LogP contribution in [0.1, 0.15) is 27.0 Å². The Hall–Kier alpha value is -3.45. The molecule has 0 aromatic heterocycles. The fourth-order valence-electron chi connectivity index (χ4n) is 2.74. The third kappa shape index (κ3) is 5.33. The van der Waals surface area contributed by atoms with E-state index in [1.54, 1.807) is 24.3 Å². The molecule has 30 heavy (non-hydrogen) atoms. The normalized spacial score (nSPS) is 12.4. The molecule has 3 aromatic carbocycles. The Balaban J connectivity index is 1.97. The van der Waals surface area contributed by atoms with Gasteiger partial charge in [-0.05, 0) is 48.4 Å². The van der Waals surface area contributed by atoms with Gasteiger partial charge in [-0.25, -0.2) is 4.39 Å². The van der Waals surface area contributed by atoms with Gasteiger partial charge >= 0.3 is 0 Å². The zero-order valence-corrected chi connectivity index (χ0v) is 16.9. The summed E-state index contributed by atoms with van der Waals surface area (Å²) in [5.41, 5.74) is 2.44. The number of halogens is 1. The van der Waals surface area contributed by atoms with Gasteiger partial charge in [0.25, 0.3) is 5.69 Å². The van der Waals surface area contributed by atoms with Gasteiger partial charge in [0, 0.05) is 17.7 Å². The molecule has 0 saturated carbocycles. The van der Waals surface area contributed by atoms with Crippen molar-refractivity contribution in [2.75, 3.05) is 0 Å². The van der Waals surface area contributed by atoms with Crippen LogP contribution in [0.3, 0.4) is 0 Å². The molecule has 5 nitrogen and oxygen atoms in total. The molecule has 7 heteroatoms. The highest BCUT2D eigenvalue weighted by Crippen LogP contribution is 2.21. The highest BCUT2D eigenvalue weighted by atomic mass is 32.2. The van der Waals surface area contributed by atoms with Crippen molar-refractivity contribution in [1.29, 1.82) is 0 Å². The zero-order chi connectivity index (χ0) is 21.7. The summed E-state index contributed by atoms with van der Waals surface area (Å²) in [6.45, 7) is 1.90. The largest absolute Gasteiger partial charge is 0.288 e. The fraction of sp³-hybridized carbons (Fsp3) is 0.0870. The lowest BCUT2D eigenvalue weighted by Crippen LogP contribution is -2.11. The number of rotatable bonds is 7. The Morgan fingerprint density at radius 2 is 1.60 bits per heavy atom. The van der Waals surface area contributed by atoms with Crippen LogP contribution in [0.4, 0.5) is 10.1 Å². The van der Waals surface area contributed by atoms with E-state index in [0.717, 1.165) is 5.56 Å². The third-order valence-electron chi connectivity index (χ3n) is 4.40. The minimum atomic E-state index is -1.71. The van der Waals surface area contributed by atoms with Crippen LogP contribution in [-0.4, -0.2) is 14.9 Å². The predicted octanol–water partition coefficient (Wildman–Crippen LogP) is 5.22. The van der Waals surface area contributed by atoms with Gasteiger partial charge in [-0.2, -0.15) is 0 Å². The van der Waals surface area contributed by atoms with Crippen LogP contribution in [0.2, 0.25) is 0 Å². The third-order valence-corrected chi connectivity index (χ3v) is 5.78. The molecule has 0 aliphatic rings. The number of ketones is 1. The monoisotopic (exact) mass is 423 g/mol. The van der Waals surface area contributed by atoms with E-state index < -0.39 is 27.3 Å². The molecule has 0 aliphatic carbocycles. The van der Waals surface area contributed by atoms with Crippen molar-refractivity contribution < 1.29 is 18.3 Å². The molecule has 152 valence electrons. The Labute approximate surface area is 175 Å². The van der Waals surface area contributed by atoms with E-state index in [0.29, 0.717) is 16.7 Å². The second kappa shape index (κ2) is 9.37. The molecule has 1 unspecified atom stereocenters. The molecule has 0 N–H and O–H groups in total. The SMILES string of the molecule is Cc1ccc(C(=O)/C(=C\c2ccc([N+](=O)[O-])cc2)S(=O)Cc2ccc(F)cc2)cc1. The van der Waals surface area contributed by atoms with Gasteiger partial charge in [0.1, 0.15) is 5.82 Å². The van der Waals surface area contributed by atoms with Gasteiger partial charge in [-0.1, -0.05) is 42.0 Å². The molecule has 0 aliphatic heterocycles. The highest BCUT2D eigenvalue weighted by molar-refractivity contribution is 7.89. The molecule has 0 bridgehead atoms. The van der Waals surface area contributed by atoms with Crippen LogP contribution >= 0.6 is 0 Å². The van der Waals surface area contributed by atoms with E-state index in [4.69, 9.17) is 0 Å². The lowest BCUT2D eigenvalue weighted by Gasteiger charge is -2.09. The van der Waals surface area contributed by atoms with Gasteiger partial charge < -0.3 is 0 Å². The summed E-state index contributed by atoms with van der Waals surface area (Å²) >= 11 is 0. The average molecular weight is 423 g/mol. The lowest BCUT2D eigenvalue weighted by molar-refractivity contribution is -0.384. The van der Waals surface area contributed by atoms with Gasteiger partial charge in [0.2, 0.25) is 5.78 Å². The van der Waals surface area contributed by atoms with E-state index in [1.807, 2.05) is 6.92 Å². The van der Waals surface area contributed by atoms with Crippen molar-refractivity contribution in [3.8, 4) is 0 Å². The standard InChI is InChI=1S/C23H18FNO4S/c1-16-2-8-19(9-3-16)23(26)22(14-17-6-12-21(13-7-17)25(27)28)30(29)15-18-4-10-20(24)11-5-18/h2-14H,15H2,1H3/b22-14+. The number of non-ortho nitro benzene ring substituents is 1. The van der Waals surface area contributed by atoms with Crippen molar-refractivity contribution in [3.05, 3.63) is 116 Å². The molecule has 0 spiro atoms. The quantitative estimate of drug-likeness (QED) is 0.226. The van der Waals surface area contributed by atoms with Gasteiger partial charge in [0.05, 0.1) is 26.4 Å². The summed E-state index contributed by atoms with van der Waals surface area (Å²) in [6.07, 6.45) is 1.48. The van der Waals surface area contributed by atoms with Crippen LogP contribution in [0.15, 0.2) is 77.7 Å². The first-order valence-electron chi connectivity index (χ1n) is 9.04.